The number of para-hydroxylation sites is 1. The minimum atomic E-state index is -0.271. The van der Waals surface area contributed by atoms with E-state index in [2.05, 4.69) is 9.97 Å². The number of aromatic amines is 1. The zero-order valence-electron chi connectivity index (χ0n) is 19.4. The number of thioether (sulfide) groups is 1. The number of amides is 1. The molecule has 0 aliphatic heterocycles. The van der Waals surface area contributed by atoms with E-state index < -0.39 is 0 Å². The smallest absolute Gasteiger partial charge is 0.260 e. The van der Waals surface area contributed by atoms with Crippen molar-refractivity contribution in [3.05, 3.63) is 81.7 Å². The van der Waals surface area contributed by atoms with E-state index in [1.165, 1.54) is 23.1 Å². The van der Waals surface area contributed by atoms with Crippen LogP contribution in [0.2, 0.25) is 0 Å². The zero-order valence-corrected chi connectivity index (χ0v) is 21.0. The SMILES string of the molecule is Cc1ccccc1OCCN(C)C(=O)C(C)SCc1nc2scc(-c3ccccc3)c2c(=O)[nH]1. The molecule has 0 saturated heterocycles. The van der Waals surface area contributed by atoms with Crippen LogP contribution in [0.15, 0.2) is 64.8 Å². The molecule has 0 radical (unpaired) electrons. The van der Waals surface area contributed by atoms with E-state index in [9.17, 15) is 9.59 Å². The van der Waals surface area contributed by atoms with Gasteiger partial charge in [0.15, 0.2) is 0 Å². The van der Waals surface area contributed by atoms with Crippen LogP contribution < -0.4 is 10.3 Å². The molecule has 6 nitrogen and oxygen atoms in total. The summed E-state index contributed by atoms with van der Waals surface area (Å²) in [6, 6.07) is 17.7. The molecule has 0 saturated carbocycles. The molecule has 2 aromatic heterocycles. The van der Waals surface area contributed by atoms with Crippen LogP contribution in [-0.4, -0.2) is 46.2 Å². The van der Waals surface area contributed by atoms with E-state index in [0.29, 0.717) is 34.9 Å². The van der Waals surface area contributed by atoms with Crippen molar-refractivity contribution in [2.24, 2.45) is 0 Å². The summed E-state index contributed by atoms with van der Waals surface area (Å²) in [5, 5.41) is 2.31. The van der Waals surface area contributed by atoms with Gasteiger partial charge in [-0.2, -0.15) is 0 Å². The van der Waals surface area contributed by atoms with Crippen molar-refractivity contribution >= 4 is 39.2 Å². The van der Waals surface area contributed by atoms with Gasteiger partial charge in [-0.15, -0.1) is 23.1 Å². The summed E-state index contributed by atoms with van der Waals surface area (Å²) in [7, 11) is 1.78. The van der Waals surface area contributed by atoms with Crippen molar-refractivity contribution in [1.82, 2.24) is 14.9 Å². The largest absolute Gasteiger partial charge is 0.491 e. The van der Waals surface area contributed by atoms with Crippen molar-refractivity contribution in [3.63, 3.8) is 0 Å². The summed E-state index contributed by atoms with van der Waals surface area (Å²) < 4.78 is 5.81. The average molecular weight is 494 g/mol. The number of rotatable bonds is 9. The van der Waals surface area contributed by atoms with E-state index in [-0.39, 0.29) is 16.7 Å². The summed E-state index contributed by atoms with van der Waals surface area (Å²) >= 11 is 2.92. The molecule has 1 atom stereocenters. The van der Waals surface area contributed by atoms with Gasteiger partial charge < -0.3 is 14.6 Å². The van der Waals surface area contributed by atoms with Gasteiger partial charge in [-0.3, -0.25) is 9.59 Å². The minimum Gasteiger partial charge on any atom is -0.491 e. The van der Waals surface area contributed by atoms with Crippen molar-refractivity contribution < 1.29 is 9.53 Å². The van der Waals surface area contributed by atoms with Crippen LogP contribution in [0.1, 0.15) is 18.3 Å². The van der Waals surface area contributed by atoms with Gasteiger partial charge in [0, 0.05) is 18.0 Å². The number of ether oxygens (including phenoxy) is 1. The second-order valence-corrected chi connectivity index (χ2v) is 10.2. The highest BCUT2D eigenvalue weighted by Crippen LogP contribution is 2.31. The molecule has 1 N–H and O–H groups in total. The summed E-state index contributed by atoms with van der Waals surface area (Å²) in [5.74, 6) is 1.88. The predicted octanol–water partition coefficient (Wildman–Crippen LogP) is 5.12. The first kappa shape index (κ1) is 24.0. The van der Waals surface area contributed by atoms with Crippen molar-refractivity contribution in [2.75, 3.05) is 20.2 Å². The number of carbonyl (C=O) groups is 1. The van der Waals surface area contributed by atoms with Crippen molar-refractivity contribution in [3.8, 4) is 16.9 Å². The number of H-pyrrole nitrogens is 1. The Morgan fingerprint density at radius 3 is 2.68 bits per heavy atom. The second kappa shape index (κ2) is 10.9. The molecule has 2 aromatic carbocycles. The number of nitrogens with zero attached hydrogens (tertiary/aromatic N) is 2. The van der Waals surface area contributed by atoms with Crippen LogP contribution in [0.25, 0.3) is 21.3 Å². The van der Waals surface area contributed by atoms with E-state index in [4.69, 9.17) is 4.74 Å². The molecule has 0 aliphatic rings. The first-order chi connectivity index (χ1) is 16.4. The molecule has 4 aromatic rings. The molecule has 1 amide bonds. The number of aryl methyl sites for hydroxylation is 1. The Labute approximate surface area is 207 Å². The molecule has 0 bridgehead atoms. The van der Waals surface area contributed by atoms with Gasteiger partial charge in [-0.1, -0.05) is 48.5 Å². The van der Waals surface area contributed by atoms with E-state index >= 15 is 0 Å². The molecule has 2 heterocycles. The van der Waals surface area contributed by atoms with E-state index in [1.54, 1.807) is 11.9 Å². The van der Waals surface area contributed by atoms with Gasteiger partial charge in [-0.25, -0.2) is 4.98 Å². The molecule has 8 heteroatoms. The number of hydrogen-bond acceptors (Lipinski definition) is 6. The quantitative estimate of drug-likeness (QED) is 0.350. The van der Waals surface area contributed by atoms with Gasteiger partial charge in [0.1, 0.15) is 23.0 Å². The molecular weight excluding hydrogens is 466 g/mol. The Morgan fingerprint density at radius 1 is 1.18 bits per heavy atom. The molecule has 0 spiro atoms. The Hall–Kier alpha value is -3.10. The van der Waals surface area contributed by atoms with Gasteiger partial charge in [-0.05, 0) is 31.0 Å². The number of nitrogens with one attached hydrogen (secondary N) is 1. The monoisotopic (exact) mass is 493 g/mol. The maximum Gasteiger partial charge on any atom is 0.260 e. The molecule has 176 valence electrons. The number of aromatic nitrogens is 2. The average Bonchev–Trinajstić information content (AvgIpc) is 3.28. The van der Waals surface area contributed by atoms with E-state index in [0.717, 1.165) is 22.4 Å². The molecule has 4 rings (SSSR count). The van der Waals surface area contributed by atoms with Crippen LogP contribution in [0, 0.1) is 6.92 Å². The van der Waals surface area contributed by atoms with Crippen LogP contribution in [-0.2, 0) is 10.5 Å². The molecule has 34 heavy (non-hydrogen) atoms. The highest BCUT2D eigenvalue weighted by Gasteiger charge is 2.19. The number of fused-ring (bicyclic) bond motifs is 1. The highest BCUT2D eigenvalue weighted by atomic mass is 32.2. The lowest BCUT2D eigenvalue weighted by Gasteiger charge is -2.21. The summed E-state index contributed by atoms with van der Waals surface area (Å²) in [6.07, 6.45) is 0. The number of carbonyl (C=O) groups excluding carboxylic acids is 1. The lowest BCUT2D eigenvalue weighted by atomic mass is 10.1. The summed E-state index contributed by atoms with van der Waals surface area (Å²) in [6.45, 7) is 4.80. The Morgan fingerprint density at radius 2 is 1.91 bits per heavy atom. The number of benzene rings is 2. The van der Waals surface area contributed by atoms with Gasteiger partial charge in [0.2, 0.25) is 5.91 Å². The lowest BCUT2D eigenvalue weighted by molar-refractivity contribution is -0.129. The van der Waals surface area contributed by atoms with Crippen molar-refractivity contribution in [1.29, 1.82) is 0 Å². The van der Waals surface area contributed by atoms with Crippen LogP contribution in [0.5, 0.6) is 5.75 Å². The van der Waals surface area contributed by atoms with Crippen LogP contribution in [0.3, 0.4) is 0 Å². The molecule has 0 fully saturated rings. The highest BCUT2D eigenvalue weighted by molar-refractivity contribution is 7.99. The third-order valence-electron chi connectivity index (χ3n) is 5.55. The fraction of sp³-hybridized carbons (Fsp3) is 0.269. The van der Waals surface area contributed by atoms with Crippen molar-refractivity contribution in [2.45, 2.75) is 24.9 Å². The topological polar surface area (TPSA) is 75.3 Å². The van der Waals surface area contributed by atoms with E-state index in [1.807, 2.05) is 73.8 Å². The maximum atomic E-state index is 12.8. The molecule has 1 unspecified atom stereocenters. The maximum absolute atomic E-state index is 12.8. The third kappa shape index (κ3) is 5.51. The predicted molar refractivity (Wildman–Crippen MR) is 141 cm³/mol. The van der Waals surface area contributed by atoms with Gasteiger partial charge in [0.25, 0.3) is 5.56 Å². The number of thiophene rings is 1. The number of likely N-dealkylation sites (N-methyl/N-ethyl adjacent to an activating group) is 1. The first-order valence-electron chi connectivity index (χ1n) is 11.0. The van der Waals surface area contributed by atoms with Crippen LogP contribution >= 0.6 is 23.1 Å². The summed E-state index contributed by atoms with van der Waals surface area (Å²) in [4.78, 5) is 35.5. The molecular formula is C26H27N3O3S2. The zero-order chi connectivity index (χ0) is 24.1. The third-order valence-corrected chi connectivity index (χ3v) is 7.56. The van der Waals surface area contributed by atoms with Gasteiger partial charge >= 0.3 is 0 Å². The van der Waals surface area contributed by atoms with Crippen LogP contribution in [0.4, 0.5) is 0 Å². The lowest BCUT2D eigenvalue weighted by Crippen LogP contribution is -2.36. The first-order valence-corrected chi connectivity index (χ1v) is 13.0. The fourth-order valence-electron chi connectivity index (χ4n) is 3.60. The normalized spacial score (nSPS) is 12.0. The fourth-order valence-corrected chi connectivity index (χ4v) is 5.43. The Bertz CT molecular complexity index is 1330. The Balaban J connectivity index is 1.34. The number of hydrogen-bond donors (Lipinski definition) is 1. The Kier molecular flexibility index (Phi) is 7.70. The minimum absolute atomic E-state index is 0.0179. The van der Waals surface area contributed by atoms with Gasteiger partial charge in [0.05, 0.1) is 22.9 Å². The second-order valence-electron chi connectivity index (χ2n) is 8.04. The summed E-state index contributed by atoms with van der Waals surface area (Å²) in [5.41, 5.74) is 2.81. The molecule has 0 aliphatic carbocycles. The standard InChI is InChI=1S/C26H27N3O3S2/c1-17-9-7-8-12-21(17)32-14-13-29(3)26(31)18(2)33-16-22-27-24(30)23-20(15-34-25(23)28-22)19-10-5-4-6-11-19/h4-12,15,18H,13-14,16H2,1-3H3,(H,27,28,30).